The van der Waals surface area contributed by atoms with E-state index in [-0.39, 0.29) is 5.97 Å². The molecule has 0 spiro atoms. The number of benzene rings is 2. The van der Waals surface area contributed by atoms with Gasteiger partial charge in [0.1, 0.15) is 5.82 Å². The first kappa shape index (κ1) is 15.7. The number of rotatable bonds is 4. The molecule has 0 aliphatic carbocycles. The number of nitrogens with zero attached hydrogens (tertiary/aromatic N) is 1. The van der Waals surface area contributed by atoms with Crippen LogP contribution in [-0.2, 0) is 4.74 Å². The highest BCUT2D eigenvalue weighted by Crippen LogP contribution is 2.27. The molecule has 0 aliphatic heterocycles. The second kappa shape index (κ2) is 6.96. The normalized spacial score (nSPS) is 10.2. The number of ether oxygens (including phenoxy) is 1. The summed E-state index contributed by atoms with van der Waals surface area (Å²) in [6, 6.07) is 19.3. The molecule has 4 nitrogen and oxygen atoms in total. The van der Waals surface area contributed by atoms with Crippen molar-refractivity contribution in [2.45, 2.75) is 6.92 Å². The first-order valence-electron chi connectivity index (χ1n) is 7.65. The first-order valence-corrected chi connectivity index (χ1v) is 7.65. The SMILES string of the molecule is COC(=O)c1ccc(-c2ccc(Nc3ccccn3)cc2C)cc1. The van der Waals surface area contributed by atoms with Crippen LogP contribution in [0.1, 0.15) is 15.9 Å². The lowest BCUT2D eigenvalue weighted by Crippen LogP contribution is -2.00. The van der Waals surface area contributed by atoms with Crippen LogP contribution >= 0.6 is 0 Å². The van der Waals surface area contributed by atoms with E-state index in [1.165, 1.54) is 7.11 Å². The summed E-state index contributed by atoms with van der Waals surface area (Å²) in [6.07, 6.45) is 1.76. The summed E-state index contributed by atoms with van der Waals surface area (Å²) in [6.45, 7) is 2.06. The Bertz CT molecular complexity index is 843. The number of pyridine rings is 1. The minimum absolute atomic E-state index is 0.326. The molecule has 1 N–H and O–H groups in total. The molecule has 2 aromatic carbocycles. The Morgan fingerprint density at radius 1 is 1.04 bits per heavy atom. The molecule has 0 atom stereocenters. The lowest BCUT2D eigenvalue weighted by atomic mass is 9.99. The van der Waals surface area contributed by atoms with Crippen LogP contribution in [0.15, 0.2) is 66.9 Å². The number of nitrogens with one attached hydrogen (secondary N) is 1. The van der Waals surface area contributed by atoms with E-state index in [9.17, 15) is 4.79 Å². The van der Waals surface area contributed by atoms with Gasteiger partial charge < -0.3 is 10.1 Å². The summed E-state index contributed by atoms with van der Waals surface area (Å²) in [5.74, 6) is 0.486. The monoisotopic (exact) mass is 318 g/mol. The summed E-state index contributed by atoms with van der Waals surface area (Å²) in [5.41, 5.74) is 4.86. The molecule has 0 aliphatic rings. The average molecular weight is 318 g/mol. The highest BCUT2D eigenvalue weighted by molar-refractivity contribution is 5.90. The van der Waals surface area contributed by atoms with Gasteiger partial charge in [-0.05, 0) is 60.0 Å². The van der Waals surface area contributed by atoms with Crippen molar-refractivity contribution in [2.75, 3.05) is 12.4 Å². The zero-order valence-corrected chi connectivity index (χ0v) is 13.6. The number of methoxy groups -OCH3 is 1. The Balaban J connectivity index is 1.83. The van der Waals surface area contributed by atoms with E-state index in [2.05, 4.69) is 29.4 Å². The van der Waals surface area contributed by atoms with Crippen LogP contribution in [0.5, 0.6) is 0 Å². The molecule has 0 saturated heterocycles. The van der Waals surface area contributed by atoms with Gasteiger partial charge in [0, 0.05) is 11.9 Å². The van der Waals surface area contributed by atoms with E-state index in [4.69, 9.17) is 4.74 Å². The summed E-state index contributed by atoms with van der Waals surface area (Å²) >= 11 is 0. The van der Waals surface area contributed by atoms with E-state index < -0.39 is 0 Å². The predicted molar refractivity (Wildman–Crippen MR) is 95.5 cm³/mol. The quantitative estimate of drug-likeness (QED) is 0.715. The van der Waals surface area contributed by atoms with Crippen LogP contribution in [0.2, 0.25) is 0 Å². The topological polar surface area (TPSA) is 51.2 Å². The summed E-state index contributed by atoms with van der Waals surface area (Å²) in [7, 11) is 1.38. The van der Waals surface area contributed by atoms with Gasteiger partial charge in [0.2, 0.25) is 0 Å². The number of aromatic nitrogens is 1. The Kier molecular flexibility index (Phi) is 4.57. The Morgan fingerprint density at radius 2 is 1.83 bits per heavy atom. The van der Waals surface area contributed by atoms with Gasteiger partial charge in [0.05, 0.1) is 12.7 Å². The standard InChI is InChI=1S/C20H18N2O2/c1-14-13-17(22-19-5-3-4-12-21-19)10-11-18(14)15-6-8-16(9-7-15)20(23)24-2/h3-13H,1-2H3,(H,21,22). The van der Waals surface area contributed by atoms with Gasteiger partial charge in [0.25, 0.3) is 0 Å². The molecule has 0 unspecified atom stereocenters. The fourth-order valence-electron chi connectivity index (χ4n) is 2.55. The zero-order chi connectivity index (χ0) is 16.9. The fraction of sp³-hybridized carbons (Fsp3) is 0.100. The number of carbonyl (C=O) groups is 1. The van der Waals surface area contributed by atoms with Crippen LogP contribution in [0.25, 0.3) is 11.1 Å². The highest BCUT2D eigenvalue weighted by Gasteiger charge is 2.07. The largest absolute Gasteiger partial charge is 0.465 e. The van der Waals surface area contributed by atoms with Crippen molar-refractivity contribution in [1.82, 2.24) is 4.98 Å². The van der Waals surface area contributed by atoms with E-state index in [1.807, 2.05) is 36.4 Å². The summed E-state index contributed by atoms with van der Waals surface area (Å²) in [4.78, 5) is 15.8. The number of esters is 1. The number of hydrogen-bond acceptors (Lipinski definition) is 4. The molecular weight excluding hydrogens is 300 g/mol. The van der Waals surface area contributed by atoms with Gasteiger partial charge in [-0.25, -0.2) is 9.78 Å². The van der Waals surface area contributed by atoms with Gasteiger partial charge in [-0.15, -0.1) is 0 Å². The maximum absolute atomic E-state index is 11.5. The van der Waals surface area contributed by atoms with Crippen molar-refractivity contribution in [1.29, 1.82) is 0 Å². The maximum atomic E-state index is 11.5. The van der Waals surface area contributed by atoms with Crippen LogP contribution < -0.4 is 5.32 Å². The van der Waals surface area contributed by atoms with Crippen molar-refractivity contribution in [2.24, 2.45) is 0 Å². The van der Waals surface area contributed by atoms with Crippen LogP contribution in [-0.4, -0.2) is 18.1 Å². The molecule has 120 valence electrons. The molecule has 0 saturated carbocycles. The molecule has 24 heavy (non-hydrogen) atoms. The average Bonchev–Trinajstić information content (AvgIpc) is 2.62. The second-order valence-corrected chi connectivity index (χ2v) is 5.44. The van der Waals surface area contributed by atoms with Crippen LogP contribution in [0.3, 0.4) is 0 Å². The van der Waals surface area contributed by atoms with Gasteiger partial charge >= 0.3 is 5.97 Å². The van der Waals surface area contributed by atoms with Crippen molar-refractivity contribution in [3.8, 4) is 11.1 Å². The van der Waals surface area contributed by atoms with Crippen molar-refractivity contribution in [3.63, 3.8) is 0 Å². The van der Waals surface area contributed by atoms with Crippen molar-refractivity contribution >= 4 is 17.5 Å². The molecular formula is C20H18N2O2. The van der Waals surface area contributed by atoms with E-state index in [0.717, 1.165) is 28.2 Å². The molecule has 1 aromatic heterocycles. The van der Waals surface area contributed by atoms with Gasteiger partial charge in [-0.3, -0.25) is 0 Å². The number of hydrogen-bond donors (Lipinski definition) is 1. The van der Waals surface area contributed by atoms with E-state index >= 15 is 0 Å². The van der Waals surface area contributed by atoms with Gasteiger partial charge in [-0.2, -0.15) is 0 Å². The lowest BCUT2D eigenvalue weighted by Gasteiger charge is -2.11. The molecule has 0 fully saturated rings. The third-order valence-corrected chi connectivity index (χ3v) is 3.78. The fourth-order valence-corrected chi connectivity index (χ4v) is 2.55. The zero-order valence-electron chi connectivity index (χ0n) is 13.6. The predicted octanol–water partition coefficient (Wildman–Crippen LogP) is 4.59. The Labute approximate surface area is 141 Å². The molecule has 1 heterocycles. The van der Waals surface area contributed by atoms with Gasteiger partial charge in [0.15, 0.2) is 0 Å². The smallest absolute Gasteiger partial charge is 0.337 e. The molecule has 0 amide bonds. The Hall–Kier alpha value is -3.14. The summed E-state index contributed by atoms with van der Waals surface area (Å²) in [5, 5.41) is 3.28. The van der Waals surface area contributed by atoms with Crippen LogP contribution in [0.4, 0.5) is 11.5 Å². The highest BCUT2D eigenvalue weighted by atomic mass is 16.5. The molecule has 0 radical (unpaired) electrons. The van der Waals surface area contributed by atoms with Crippen LogP contribution in [0, 0.1) is 6.92 Å². The van der Waals surface area contributed by atoms with E-state index in [0.29, 0.717) is 5.56 Å². The Morgan fingerprint density at radius 3 is 2.46 bits per heavy atom. The number of carbonyl (C=O) groups excluding carboxylic acids is 1. The molecule has 4 heteroatoms. The lowest BCUT2D eigenvalue weighted by molar-refractivity contribution is 0.0601. The minimum atomic E-state index is -0.326. The number of anilines is 2. The minimum Gasteiger partial charge on any atom is -0.465 e. The third-order valence-electron chi connectivity index (χ3n) is 3.78. The maximum Gasteiger partial charge on any atom is 0.337 e. The van der Waals surface area contributed by atoms with E-state index in [1.54, 1.807) is 18.3 Å². The molecule has 0 bridgehead atoms. The number of aryl methyl sites for hydroxylation is 1. The van der Waals surface area contributed by atoms with Crippen molar-refractivity contribution < 1.29 is 9.53 Å². The molecule has 3 rings (SSSR count). The second-order valence-electron chi connectivity index (χ2n) is 5.44. The third kappa shape index (κ3) is 3.43. The molecule has 3 aromatic rings. The van der Waals surface area contributed by atoms with Crippen molar-refractivity contribution in [3.05, 3.63) is 78.0 Å². The summed E-state index contributed by atoms with van der Waals surface area (Å²) < 4.78 is 4.72. The first-order chi connectivity index (χ1) is 11.7. The van der Waals surface area contributed by atoms with Gasteiger partial charge in [-0.1, -0.05) is 24.3 Å².